The molecule has 1 aromatic rings. The molecule has 110 valence electrons. The van der Waals surface area contributed by atoms with Crippen LogP contribution in [-0.4, -0.2) is 26.0 Å². The van der Waals surface area contributed by atoms with Crippen molar-refractivity contribution in [2.75, 3.05) is 13.7 Å². The van der Waals surface area contributed by atoms with Crippen LogP contribution in [0.4, 0.5) is 4.79 Å². The summed E-state index contributed by atoms with van der Waals surface area (Å²) in [5.41, 5.74) is 7.83. The van der Waals surface area contributed by atoms with Gasteiger partial charge in [0.2, 0.25) is 0 Å². The number of hydrogen-bond donors (Lipinski definition) is 2. The van der Waals surface area contributed by atoms with Crippen molar-refractivity contribution in [3.8, 4) is 11.5 Å². The molecule has 0 unspecified atom stereocenters. The molecule has 0 aromatic heterocycles. The highest BCUT2D eigenvalue weighted by atomic mass is 16.5. The molecule has 0 saturated heterocycles. The van der Waals surface area contributed by atoms with Crippen molar-refractivity contribution in [3.05, 3.63) is 23.8 Å². The molecule has 0 aliphatic heterocycles. The number of nitrogens with zero attached hydrogens (tertiary/aromatic N) is 1. The number of hydrogen-bond acceptors (Lipinski definition) is 4. The molecule has 0 aliphatic rings. The molecule has 0 heterocycles. The Morgan fingerprint density at radius 1 is 1.45 bits per heavy atom. The zero-order valence-electron chi connectivity index (χ0n) is 12.1. The molecule has 2 amide bonds. The van der Waals surface area contributed by atoms with Gasteiger partial charge in [-0.3, -0.25) is 0 Å². The highest BCUT2D eigenvalue weighted by Crippen LogP contribution is 2.27. The van der Waals surface area contributed by atoms with Gasteiger partial charge in [-0.2, -0.15) is 5.10 Å². The molecule has 1 aromatic carbocycles. The first-order valence-corrected chi connectivity index (χ1v) is 6.42. The van der Waals surface area contributed by atoms with E-state index in [1.165, 1.54) is 6.21 Å². The Bertz CT molecular complexity index is 473. The van der Waals surface area contributed by atoms with Crippen LogP contribution in [0.3, 0.4) is 0 Å². The van der Waals surface area contributed by atoms with E-state index in [9.17, 15) is 4.79 Å². The van der Waals surface area contributed by atoms with Crippen LogP contribution in [-0.2, 0) is 0 Å². The van der Waals surface area contributed by atoms with E-state index in [4.69, 9.17) is 15.2 Å². The number of benzene rings is 1. The molecule has 0 aliphatic carbocycles. The van der Waals surface area contributed by atoms with Crippen LogP contribution in [0.1, 0.15) is 25.8 Å². The zero-order valence-corrected chi connectivity index (χ0v) is 12.1. The molecule has 0 saturated carbocycles. The van der Waals surface area contributed by atoms with Gasteiger partial charge in [0.1, 0.15) is 0 Å². The summed E-state index contributed by atoms with van der Waals surface area (Å²) in [5, 5.41) is 3.70. The van der Waals surface area contributed by atoms with Gasteiger partial charge in [0, 0.05) is 0 Å². The summed E-state index contributed by atoms with van der Waals surface area (Å²) in [6, 6.07) is 4.69. The van der Waals surface area contributed by atoms with Crippen molar-refractivity contribution in [2.24, 2.45) is 16.8 Å². The molecule has 6 heteroatoms. The Labute approximate surface area is 118 Å². The maximum atomic E-state index is 10.5. The number of ether oxygens (including phenoxy) is 2. The third kappa shape index (κ3) is 5.60. The van der Waals surface area contributed by atoms with E-state index in [1.54, 1.807) is 25.3 Å². The number of rotatable bonds is 7. The minimum absolute atomic E-state index is 0.575. The SMILES string of the molecule is COc1ccc(C=NNC(N)=O)cc1OCCC(C)C. The second kappa shape index (κ2) is 8.04. The summed E-state index contributed by atoms with van der Waals surface area (Å²) >= 11 is 0. The fourth-order valence-corrected chi connectivity index (χ4v) is 1.46. The Morgan fingerprint density at radius 2 is 2.20 bits per heavy atom. The smallest absolute Gasteiger partial charge is 0.332 e. The van der Waals surface area contributed by atoms with E-state index >= 15 is 0 Å². The van der Waals surface area contributed by atoms with Crippen molar-refractivity contribution in [1.82, 2.24) is 5.43 Å². The maximum absolute atomic E-state index is 10.5. The lowest BCUT2D eigenvalue weighted by Crippen LogP contribution is -2.24. The summed E-state index contributed by atoms with van der Waals surface area (Å²) in [7, 11) is 1.59. The lowest BCUT2D eigenvalue weighted by atomic mass is 10.1. The first-order chi connectivity index (χ1) is 9.52. The molecule has 1 rings (SSSR count). The van der Waals surface area contributed by atoms with Crippen LogP contribution in [0.5, 0.6) is 11.5 Å². The number of primary amides is 1. The summed E-state index contributed by atoms with van der Waals surface area (Å²) in [4.78, 5) is 10.5. The van der Waals surface area contributed by atoms with Gasteiger partial charge in [-0.25, -0.2) is 10.2 Å². The van der Waals surface area contributed by atoms with Crippen molar-refractivity contribution < 1.29 is 14.3 Å². The van der Waals surface area contributed by atoms with E-state index in [1.807, 2.05) is 0 Å². The molecule has 20 heavy (non-hydrogen) atoms. The van der Waals surface area contributed by atoms with Gasteiger partial charge in [-0.1, -0.05) is 13.8 Å². The van der Waals surface area contributed by atoms with Crippen molar-refractivity contribution >= 4 is 12.2 Å². The van der Waals surface area contributed by atoms with Crippen LogP contribution in [0.2, 0.25) is 0 Å². The van der Waals surface area contributed by atoms with E-state index in [0.717, 1.165) is 12.0 Å². The van der Waals surface area contributed by atoms with E-state index < -0.39 is 6.03 Å². The molecule has 0 spiro atoms. The Balaban J connectivity index is 2.74. The van der Waals surface area contributed by atoms with Crippen LogP contribution in [0.25, 0.3) is 0 Å². The van der Waals surface area contributed by atoms with Gasteiger partial charge >= 0.3 is 6.03 Å². The fourth-order valence-electron chi connectivity index (χ4n) is 1.46. The summed E-state index contributed by atoms with van der Waals surface area (Å²) in [6.45, 7) is 4.90. The third-order valence-electron chi connectivity index (χ3n) is 2.53. The van der Waals surface area contributed by atoms with Gasteiger partial charge in [0.25, 0.3) is 0 Å². The normalized spacial score (nSPS) is 10.8. The summed E-state index contributed by atoms with van der Waals surface area (Å²) < 4.78 is 10.9. The van der Waals surface area contributed by atoms with Gasteiger partial charge in [-0.05, 0) is 36.1 Å². The average Bonchev–Trinajstić information content (AvgIpc) is 2.38. The maximum Gasteiger partial charge on any atom is 0.332 e. The van der Waals surface area contributed by atoms with Gasteiger partial charge in [0.15, 0.2) is 11.5 Å². The number of carbonyl (C=O) groups excluding carboxylic acids is 1. The van der Waals surface area contributed by atoms with E-state index in [2.05, 4.69) is 24.4 Å². The molecule has 0 bridgehead atoms. The first-order valence-electron chi connectivity index (χ1n) is 6.42. The average molecular weight is 279 g/mol. The zero-order chi connectivity index (χ0) is 15.0. The molecule has 0 fully saturated rings. The van der Waals surface area contributed by atoms with E-state index in [-0.39, 0.29) is 0 Å². The number of amides is 2. The highest BCUT2D eigenvalue weighted by molar-refractivity contribution is 5.82. The molecule has 0 atom stereocenters. The topological polar surface area (TPSA) is 85.9 Å². The minimum Gasteiger partial charge on any atom is -0.493 e. The second-order valence-corrected chi connectivity index (χ2v) is 4.68. The number of urea groups is 1. The Kier molecular flexibility index (Phi) is 6.36. The molecule has 3 N–H and O–H groups in total. The predicted octanol–water partition coefficient (Wildman–Crippen LogP) is 2.12. The largest absolute Gasteiger partial charge is 0.493 e. The Morgan fingerprint density at radius 3 is 2.80 bits per heavy atom. The van der Waals surface area contributed by atoms with Crippen molar-refractivity contribution in [3.63, 3.8) is 0 Å². The standard InChI is InChI=1S/C14H21N3O3/c1-10(2)6-7-20-13-8-11(4-5-12(13)19-3)9-16-17-14(15)18/h4-5,8-10H,6-7H2,1-3H3,(H3,15,17,18). The van der Waals surface area contributed by atoms with Gasteiger partial charge in [0.05, 0.1) is 19.9 Å². The molecule has 0 radical (unpaired) electrons. The first kappa shape index (κ1) is 15.8. The number of methoxy groups -OCH3 is 1. The number of nitrogens with one attached hydrogen (secondary N) is 1. The van der Waals surface area contributed by atoms with Crippen molar-refractivity contribution in [1.29, 1.82) is 0 Å². The van der Waals surface area contributed by atoms with Crippen LogP contribution in [0.15, 0.2) is 23.3 Å². The Hall–Kier alpha value is -2.24. The number of nitrogens with two attached hydrogens (primary N) is 1. The highest BCUT2D eigenvalue weighted by Gasteiger charge is 2.05. The monoisotopic (exact) mass is 279 g/mol. The molecule has 6 nitrogen and oxygen atoms in total. The number of hydrazone groups is 1. The van der Waals surface area contributed by atoms with Crippen LogP contribution in [0, 0.1) is 5.92 Å². The fraction of sp³-hybridized carbons (Fsp3) is 0.429. The third-order valence-corrected chi connectivity index (χ3v) is 2.53. The summed E-state index contributed by atoms with van der Waals surface area (Å²) in [6.07, 6.45) is 2.45. The van der Waals surface area contributed by atoms with E-state index in [0.29, 0.717) is 24.0 Å². The predicted molar refractivity (Wildman–Crippen MR) is 78.3 cm³/mol. The second-order valence-electron chi connectivity index (χ2n) is 4.68. The molecular formula is C14H21N3O3. The van der Waals surface area contributed by atoms with Crippen LogP contribution >= 0.6 is 0 Å². The van der Waals surface area contributed by atoms with Crippen LogP contribution < -0.4 is 20.6 Å². The lowest BCUT2D eigenvalue weighted by molar-refractivity contribution is 0.249. The lowest BCUT2D eigenvalue weighted by Gasteiger charge is -2.12. The molecular weight excluding hydrogens is 258 g/mol. The van der Waals surface area contributed by atoms with Gasteiger partial charge in [-0.15, -0.1) is 0 Å². The minimum atomic E-state index is -0.705. The quantitative estimate of drug-likeness (QED) is 0.592. The number of carbonyl (C=O) groups is 1. The van der Waals surface area contributed by atoms with Crippen molar-refractivity contribution in [2.45, 2.75) is 20.3 Å². The van der Waals surface area contributed by atoms with Gasteiger partial charge < -0.3 is 15.2 Å². The summed E-state index contributed by atoms with van der Waals surface area (Å²) in [5.74, 6) is 1.88.